The highest BCUT2D eigenvalue weighted by Gasteiger charge is 2.44. The maximum Gasteiger partial charge on any atom is 0.325 e. The number of nitrogens with zero attached hydrogens (tertiary/aromatic N) is 15. The lowest BCUT2D eigenvalue weighted by Crippen LogP contribution is -2.43. The molecule has 2 aliphatic heterocycles. The number of hydrogen-bond acceptors (Lipinski definition) is 15. The molecular weight excluding hydrogens is 1220 g/mol. The van der Waals surface area contributed by atoms with Crippen LogP contribution in [0, 0.1) is 84.3 Å². The molecule has 4 unspecified atom stereocenters. The minimum atomic E-state index is -2.68. The van der Waals surface area contributed by atoms with Gasteiger partial charge in [0.15, 0.2) is 11.6 Å². The number of ether oxygens (including phenoxy) is 3. The number of piperidine rings is 2. The van der Waals surface area contributed by atoms with Gasteiger partial charge in [-0.25, -0.2) is 77.6 Å². The van der Waals surface area contributed by atoms with Crippen LogP contribution in [0.25, 0.3) is 6.20 Å². The Morgan fingerprint density at radius 3 is 1.27 bits per heavy atom. The van der Waals surface area contributed by atoms with Gasteiger partial charge in [0, 0.05) is 117 Å². The van der Waals surface area contributed by atoms with Crippen LogP contribution in [0.2, 0.25) is 0 Å². The summed E-state index contributed by atoms with van der Waals surface area (Å²) in [5.41, 5.74) is 1.86. The number of hydrogen-bond donors (Lipinski definition) is 0. The second kappa shape index (κ2) is 26.9. The van der Waals surface area contributed by atoms with Gasteiger partial charge in [0.1, 0.15) is 95.9 Å². The van der Waals surface area contributed by atoms with Crippen LogP contribution in [0.3, 0.4) is 0 Å². The van der Waals surface area contributed by atoms with Crippen molar-refractivity contribution in [3.63, 3.8) is 0 Å². The number of aryl methyl sites for hydroxylation is 2. The summed E-state index contributed by atoms with van der Waals surface area (Å²) in [5, 5.41) is 12.2. The van der Waals surface area contributed by atoms with Gasteiger partial charge in [0.25, 0.3) is 12.9 Å². The largest absolute Gasteiger partial charge is 0.424 e. The SMILES string of the molecule is Cc1cc(N2CC3CCC(C2)C3Cc2nc(Oc3cc(F)cc(F)c3)n(C=CF)n2)ncn1.Cc1cc(N2CC3CCC(C2)C3Cc2nc(Oc3cc(F)cc(F)c3)n(CC(F)F)n2)ncn1.Fc1cc(F)cc(Oc2nc(Br)nn2CC(F)F)c1. The van der Waals surface area contributed by atoms with Crippen molar-refractivity contribution in [3.8, 4) is 35.3 Å². The molecule has 18 nitrogen and oxygen atoms in total. The number of anilines is 2. The van der Waals surface area contributed by atoms with E-state index in [4.69, 9.17) is 14.2 Å². The van der Waals surface area contributed by atoms with Crippen LogP contribution in [0.4, 0.5) is 59.9 Å². The average molecular weight is 1270 g/mol. The van der Waals surface area contributed by atoms with E-state index < -0.39 is 60.8 Å². The Kier molecular flexibility index (Phi) is 19.1. The Balaban J connectivity index is 0.000000149. The van der Waals surface area contributed by atoms with Crippen molar-refractivity contribution in [2.45, 2.75) is 78.3 Å². The van der Waals surface area contributed by atoms with Crippen molar-refractivity contribution in [2.24, 2.45) is 35.5 Å². The Morgan fingerprint density at radius 1 is 0.500 bits per heavy atom. The summed E-state index contributed by atoms with van der Waals surface area (Å²) >= 11 is 2.90. The van der Waals surface area contributed by atoms with Gasteiger partial charge in [-0.15, -0.1) is 10.2 Å². The highest BCUT2D eigenvalue weighted by molar-refractivity contribution is 9.10. The lowest BCUT2D eigenvalue weighted by atomic mass is 9.82. The molecule has 12 rings (SSSR count). The van der Waals surface area contributed by atoms with Gasteiger partial charge in [-0.1, -0.05) is 0 Å². The highest BCUT2D eigenvalue weighted by Crippen LogP contribution is 2.46. The van der Waals surface area contributed by atoms with Crippen LogP contribution in [-0.4, -0.2) is 103 Å². The summed E-state index contributed by atoms with van der Waals surface area (Å²) in [4.78, 5) is 34.2. The summed E-state index contributed by atoms with van der Waals surface area (Å²) < 4.78 is 163. The van der Waals surface area contributed by atoms with E-state index >= 15 is 0 Å². The Bertz CT molecular complexity index is 3580. The van der Waals surface area contributed by atoms with Gasteiger partial charge in [-0.2, -0.15) is 24.7 Å². The Morgan fingerprint density at radius 2 is 0.872 bits per heavy atom. The van der Waals surface area contributed by atoms with Gasteiger partial charge in [-0.05, 0) is 91.0 Å². The van der Waals surface area contributed by atoms with Crippen molar-refractivity contribution in [1.29, 1.82) is 0 Å². The molecular formula is C56H53BrF11N15O3. The smallest absolute Gasteiger partial charge is 0.325 e. The maximum absolute atomic E-state index is 13.5. The quantitative estimate of drug-likeness (QED) is 0.0786. The molecule has 3 aromatic carbocycles. The molecule has 7 heterocycles. The fraction of sp³-hybridized carbons (Fsp3) is 0.393. The third-order valence-electron chi connectivity index (χ3n) is 15.0. The molecule has 0 spiro atoms. The van der Waals surface area contributed by atoms with Crippen molar-refractivity contribution in [1.82, 2.24) is 64.2 Å². The normalized spacial score (nSPS) is 19.7. The molecule has 4 fully saturated rings. The first-order chi connectivity index (χ1) is 41.2. The van der Waals surface area contributed by atoms with Crippen molar-refractivity contribution in [3.05, 3.63) is 148 Å². The van der Waals surface area contributed by atoms with E-state index in [1.54, 1.807) is 12.7 Å². The van der Waals surface area contributed by atoms with Crippen LogP contribution >= 0.6 is 15.9 Å². The zero-order valence-electron chi connectivity index (χ0n) is 45.7. The van der Waals surface area contributed by atoms with E-state index in [1.165, 1.54) is 0 Å². The van der Waals surface area contributed by atoms with Crippen LogP contribution in [0.5, 0.6) is 35.3 Å². The molecule has 4 aliphatic rings. The minimum Gasteiger partial charge on any atom is -0.424 e. The minimum absolute atomic E-state index is 0.0278. The third kappa shape index (κ3) is 15.6. The van der Waals surface area contributed by atoms with Crippen molar-refractivity contribution < 1.29 is 62.5 Å². The molecule has 30 heteroatoms. The van der Waals surface area contributed by atoms with Crippen molar-refractivity contribution >= 4 is 33.8 Å². The zero-order valence-corrected chi connectivity index (χ0v) is 47.3. The first-order valence-electron chi connectivity index (χ1n) is 27.1. The molecule has 5 aromatic heterocycles. The Labute approximate surface area is 492 Å². The summed E-state index contributed by atoms with van der Waals surface area (Å²) in [6.45, 7) is 5.92. The fourth-order valence-electron chi connectivity index (χ4n) is 11.5. The first-order valence-corrected chi connectivity index (χ1v) is 27.9. The highest BCUT2D eigenvalue weighted by atomic mass is 79.9. The molecule has 454 valence electrons. The van der Waals surface area contributed by atoms with E-state index in [2.05, 4.69) is 75.9 Å². The summed E-state index contributed by atoms with van der Waals surface area (Å²) in [6.07, 6.45) is 4.70. The number of aromatic nitrogens is 13. The van der Waals surface area contributed by atoms with Crippen LogP contribution in [0.1, 0.15) is 48.7 Å². The lowest BCUT2D eigenvalue weighted by molar-refractivity contribution is 0.117. The van der Waals surface area contributed by atoms with Crippen molar-refractivity contribution in [2.75, 3.05) is 36.0 Å². The van der Waals surface area contributed by atoms with Crippen LogP contribution in [0.15, 0.2) is 90.4 Å². The van der Waals surface area contributed by atoms with E-state index in [-0.39, 0.29) is 40.0 Å². The van der Waals surface area contributed by atoms with Crippen LogP contribution < -0.4 is 24.0 Å². The summed E-state index contributed by atoms with van der Waals surface area (Å²) in [5.74, 6) is -0.196. The molecule has 4 atom stereocenters. The van der Waals surface area contributed by atoms with E-state index in [0.717, 1.165) is 138 Å². The second-order valence-corrected chi connectivity index (χ2v) is 21.8. The summed E-state index contributed by atoms with van der Waals surface area (Å²) in [6, 6.07) is 11.3. The molecule has 2 saturated heterocycles. The molecule has 86 heavy (non-hydrogen) atoms. The molecule has 8 aromatic rings. The standard InChI is InChI=1S/C23H24F4N6O.C23H23F3N6O.C10H6BrF4N3O/c1-13-4-22(29-12-28-13)32-9-14-2-3-15(10-32)19(14)8-21-30-23(33(31-21)11-20(26)27)34-18-6-16(24)5-17(25)7-18;1-14-6-22(28-13-27-14)31-11-15-2-3-16(12-31)20(15)10-21-29-23(32(30-21)5-4-24)33-19-8-17(25)7-18(26)9-19;11-9-16-10(18(17-9)4-8(14)15)19-7-2-5(12)1-6(13)3-7/h4-7,12,14-15,19-20H,2-3,8-11H2,1H3;4-9,13,15-16,20H,2-3,10-12H2,1H3;1-3,8H,4H2. The topological polar surface area (TPSA) is 178 Å². The average Bonchev–Trinajstić information content (AvgIpc) is 2.30. The van der Waals surface area contributed by atoms with E-state index in [1.807, 2.05) is 26.0 Å². The number of benzene rings is 3. The van der Waals surface area contributed by atoms with Gasteiger partial charge < -0.3 is 24.0 Å². The van der Waals surface area contributed by atoms with E-state index in [9.17, 15) is 48.3 Å². The fourth-order valence-corrected chi connectivity index (χ4v) is 11.8. The zero-order chi connectivity index (χ0) is 60.8. The summed E-state index contributed by atoms with van der Waals surface area (Å²) in [7, 11) is 0. The molecule has 2 aliphatic carbocycles. The van der Waals surface area contributed by atoms with E-state index in [0.29, 0.717) is 78.5 Å². The predicted molar refractivity (Wildman–Crippen MR) is 290 cm³/mol. The van der Waals surface area contributed by atoms with Crippen LogP contribution in [-0.2, 0) is 25.9 Å². The number of alkyl halides is 4. The monoisotopic (exact) mass is 1270 g/mol. The number of rotatable bonds is 17. The number of fused-ring (bicyclic) bond motifs is 4. The first kappa shape index (κ1) is 60.8. The molecule has 4 bridgehead atoms. The number of halogens is 12. The van der Waals surface area contributed by atoms with Gasteiger partial charge in [0.05, 0.1) is 6.20 Å². The maximum atomic E-state index is 13.5. The van der Waals surface area contributed by atoms with Gasteiger partial charge in [-0.3, -0.25) is 0 Å². The van der Waals surface area contributed by atoms with Gasteiger partial charge >= 0.3 is 18.0 Å². The van der Waals surface area contributed by atoms with Gasteiger partial charge in [0.2, 0.25) is 4.73 Å². The Hall–Kier alpha value is -8.31. The third-order valence-corrected chi connectivity index (χ3v) is 15.3. The predicted octanol–water partition coefficient (Wildman–Crippen LogP) is 12.3. The second-order valence-electron chi connectivity index (χ2n) is 21.0. The molecule has 0 N–H and O–H groups in total. The molecule has 2 saturated carbocycles. The molecule has 0 radical (unpaired) electrons. The lowest BCUT2D eigenvalue weighted by Gasteiger charge is -2.38. The molecule has 0 amide bonds.